The molecule has 0 bridgehead atoms. The number of halogens is 1. The number of hydrogen-bond acceptors (Lipinski definition) is 2. The van der Waals surface area contributed by atoms with Crippen molar-refractivity contribution in [3.8, 4) is 0 Å². The Balaban J connectivity index is 2.33. The van der Waals surface area contributed by atoms with E-state index in [1.54, 1.807) is 0 Å². The lowest BCUT2D eigenvalue weighted by molar-refractivity contribution is 0.266. The van der Waals surface area contributed by atoms with Gasteiger partial charge < -0.3 is 10.4 Å². The maximum absolute atomic E-state index is 9.31. The van der Waals surface area contributed by atoms with Gasteiger partial charge in [-0.15, -0.1) is 0 Å². The maximum Gasteiger partial charge on any atom is 0.0632 e. The number of nitrogens with one attached hydrogen (secondary N) is 1. The van der Waals surface area contributed by atoms with Crippen LogP contribution in [0.2, 0.25) is 5.02 Å². The molecule has 1 atom stereocenters. The Bertz CT molecular complexity index is 300. The Kier molecular flexibility index (Phi) is 7.06. The van der Waals surface area contributed by atoms with Gasteiger partial charge in [-0.05, 0) is 30.7 Å². The summed E-state index contributed by atoms with van der Waals surface area (Å²) in [7, 11) is 0. The van der Waals surface area contributed by atoms with E-state index in [-0.39, 0.29) is 12.6 Å². The van der Waals surface area contributed by atoms with E-state index in [4.69, 9.17) is 11.6 Å². The first-order valence-electron chi connectivity index (χ1n) is 6.39. The predicted molar refractivity (Wildman–Crippen MR) is 74.7 cm³/mol. The SMILES string of the molecule is CCCCCCC(CO)Nc1ccc(Cl)cc1. The van der Waals surface area contributed by atoms with Crippen LogP contribution >= 0.6 is 11.6 Å². The first-order chi connectivity index (χ1) is 8.26. The average Bonchev–Trinajstić information content (AvgIpc) is 2.35. The number of benzene rings is 1. The van der Waals surface area contributed by atoms with E-state index in [1.807, 2.05) is 24.3 Å². The van der Waals surface area contributed by atoms with Gasteiger partial charge in [0.05, 0.1) is 6.61 Å². The summed E-state index contributed by atoms with van der Waals surface area (Å²) in [6, 6.07) is 7.74. The Morgan fingerprint density at radius 1 is 1.18 bits per heavy atom. The van der Waals surface area contributed by atoms with Crippen molar-refractivity contribution in [3.63, 3.8) is 0 Å². The zero-order valence-electron chi connectivity index (χ0n) is 10.5. The van der Waals surface area contributed by atoms with Gasteiger partial charge in [0.25, 0.3) is 0 Å². The summed E-state index contributed by atoms with van der Waals surface area (Å²) >= 11 is 5.82. The molecule has 3 heteroatoms. The number of unbranched alkanes of at least 4 members (excludes halogenated alkanes) is 3. The van der Waals surface area contributed by atoms with Crippen molar-refractivity contribution < 1.29 is 5.11 Å². The highest BCUT2D eigenvalue weighted by molar-refractivity contribution is 6.30. The monoisotopic (exact) mass is 255 g/mol. The summed E-state index contributed by atoms with van der Waals surface area (Å²) in [5.41, 5.74) is 1.02. The summed E-state index contributed by atoms with van der Waals surface area (Å²) in [6.07, 6.45) is 5.95. The van der Waals surface area contributed by atoms with E-state index in [0.717, 1.165) is 17.1 Å². The minimum Gasteiger partial charge on any atom is -0.394 e. The normalized spacial score (nSPS) is 12.4. The van der Waals surface area contributed by atoms with Gasteiger partial charge in [-0.1, -0.05) is 44.2 Å². The largest absolute Gasteiger partial charge is 0.394 e. The molecule has 0 aliphatic heterocycles. The van der Waals surface area contributed by atoms with Crippen LogP contribution in [0.5, 0.6) is 0 Å². The van der Waals surface area contributed by atoms with E-state index >= 15 is 0 Å². The van der Waals surface area contributed by atoms with Crippen LogP contribution in [0.1, 0.15) is 39.0 Å². The third-order valence-corrected chi connectivity index (χ3v) is 3.09. The van der Waals surface area contributed by atoms with E-state index in [0.29, 0.717) is 0 Å². The highest BCUT2D eigenvalue weighted by Crippen LogP contribution is 2.16. The summed E-state index contributed by atoms with van der Waals surface area (Å²) in [4.78, 5) is 0. The molecule has 0 saturated carbocycles. The van der Waals surface area contributed by atoms with Crippen LogP contribution in [0.25, 0.3) is 0 Å². The molecule has 1 aromatic rings. The first kappa shape index (κ1) is 14.3. The molecule has 17 heavy (non-hydrogen) atoms. The molecule has 1 unspecified atom stereocenters. The van der Waals surface area contributed by atoms with Crippen molar-refractivity contribution in [2.75, 3.05) is 11.9 Å². The molecule has 0 heterocycles. The quantitative estimate of drug-likeness (QED) is 0.686. The van der Waals surface area contributed by atoms with Crippen molar-refractivity contribution in [2.24, 2.45) is 0 Å². The van der Waals surface area contributed by atoms with Gasteiger partial charge in [0.1, 0.15) is 0 Å². The number of aliphatic hydroxyl groups excluding tert-OH is 1. The van der Waals surface area contributed by atoms with E-state index < -0.39 is 0 Å². The van der Waals surface area contributed by atoms with Crippen molar-refractivity contribution in [2.45, 2.75) is 45.1 Å². The topological polar surface area (TPSA) is 32.3 Å². The number of hydrogen-bond donors (Lipinski definition) is 2. The zero-order chi connectivity index (χ0) is 12.5. The van der Waals surface area contributed by atoms with Gasteiger partial charge >= 0.3 is 0 Å². The summed E-state index contributed by atoms with van der Waals surface area (Å²) in [6.45, 7) is 2.38. The lowest BCUT2D eigenvalue weighted by Crippen LogP contribution is -2.23. The lowest BCUT2D eigenvalue weighted by Gasteiger charge is -2.17. The second kappa shape index (κ2) is 8.37. The van der Waals surface area contributed by atoms with E-state index in [1.165, 1.54) is 25.7 Å². The van der Waals surface area contributed by atoms with Crippen LogP contribution in [0.15, 0.2) is 24.3 Å². The van der Waals surface area contributed by atoms with Crippen LogP contribution < -0.4 is 5.32 Å². The fourth-order valence-corrected chi connectivity index (χ4v) is 1.93. The minimum absolute atomic E-state index is 0.146. The molecule has 0 aliphatic rings. The van der Waals surface area contributed by atoms with E-state index in [2.05, 4.69) is 12.2 Å². The maximum atomic E-state index is 9.31. The second-order valence-corrected chi connectivity index (χ2v) is 4.82. The molecule has 0 aliphatic carbocycles. The number of anilines is 1. The number of rotatable bonds is 8. The molecule has 1 aromatic carbocycles. The van der Waals surface area contributed by atoms with Gasteiger partial charge in [0, 0.05) is 16.8 Å². The molecule has 0 fully saturated rings. The third kappa shape index (κ3) is 5.94. The van der Waals surface area contributed by atoms with Crippen LogP contribution in [0.4, 0.5) is 5.69 Å². The third-order valence-electron chi connectivity index (χ3n) is 2.84. The van der Waals surface area contributed by atoms with Crippen molar-refractivity contribution in [1.29, 1.82) is 0 Å². The average molecular weight is 256 g/mol. The highest BCUT2D eigenvalue weighted by Gasteiger charge is 2.06. The summed E-state index contributed by atoms with van der Waals surface area (Å²) in [5.74, 6) is 0. The van der Waals surface area contributed by atoms with Crippen molar-refractivity contribution in [1.82, 2.24) is 0 Å². The number of aliphatic hydroxyl groups is 1. The van der Waals surface area contributed by atoms with Crippen LogP contribution in [-0.4, -0.2) is 17.8 Å². The Morgan fingerprint density at radius 2 is 1.88 bits per heavy atom. The molecular weight excluding hydrogens is 234 g/mol. The Morgan fingerprint density at radius 3 is 2.47 bits per heavy atom. The molecule has 0 amide bonds. The molecule has 2 nitrogen and oxygen atoms in total. The highest BCUT2D eigenvalue weighted by atomic mass is 35.5. The Hall–Kier alpha value is -0.730. The van der Waals surface area contributed by atoms with Crippen LogP contribution in [-0.2, 0) is 0 Å². The molecule has 0 saturated heterocycles. The fraction of sp³-hybridized carbons (Fsp3) is 0.571. The standard InChI is InChI=1S/C14H22ClNO/c1-2-3-4-5-6-14(11-17)16-13-9-7-12(15)8-10-13/h7-10,14,16-17H,2-6,11H2,1H3. The van der Waals surface area contributed by atoms with Gasteiger partial charge in [-0.25, -0.2) is 0 Å². The van der Waals surface area contributed by atoms with Gasteiger partial charge in [0.15, 0.2) is 0 Å². The van der Waals surface area contributed by atoms with Gasteiger partial charge in [-0.2, -0.15) is 0 Å². The fourth-order valence-electron chi connectivity index (χ4n) is 1.81. The minimum atomic E-state index is 0.146. The first-order valence-corrected chi connectivity index (χ1v) is 6.77. The predicted octanol–water partition coefficient (Wildman–Crippen LogP) is 4.08. The second-order valence-electron chi connectivity index (χ2n) is 4.38. The van der Waals surface area contributed by atoms with Crippen molar-refractivity contribution >= 4 is 17.3 Å². The molecule has 0 spiro atoms. The van der Waals surface area contributed by atoms with Gasteiger partial charge in [-0.3, -0.25) is 0 Å². The van der Waals surface area contributed by atoms with Crippen LogP contribution in [0.3, 0.4) is 0 Å². The zero-order valence-corrected chi connectivity index (χ0v) is 11.2. The molecule has 96 valence electrons. The van der Waals surface area contributed by atoms with Crippen molar-refractivity contribution in [3.05, 3.63) is 29.3 Å². The van der Waals surface area contributed by atoms with Crippen LogP contribution in [0, 0.1) is 0 Å². The molecular formula is C14H22ClNO. The lowest BCUT2D eigenvalue weighted by atomic mass is 10.1. The van der Waals surface area contributed by atoms with E-state index in [9.17, 15) is 5.11 Å². The molecule has 0 aromatic heterocycles. The summed E-state index contributed by atoms with van der Waals surface area (Å²) < 4.78 is 0. The smallest absolute Gasteiger partial charge is 0.0632 e. The molecule has 2 N–H and O–H groups in total. The Labute approximate surface area is 109 Å². The molecule has 0 radical (unpaired) electrons. The van der Waals surface area contributed by atoms with Gasteiger partial charge in [0.2, 0.25) is 0 Å². The molecule has 1 rings (SSSR count). The summed E-state index contributed by atoms with van der Waals surface area (Å²) in [5, 5.41) is 13.4.